The molecule has 1 aliphatic heterocycles. The van der Waals surface area contributed by atoms with Crippen LogP contribution in [0.4, 0.5) is 5.69 Å². The number of piperazine rings is 1. The first-order valence-corrected chi connectivity index (χ1v) is 18.5. The number of nitrogens with zero attached hydrogens (tertiary/aromatic N) is 3. The fourth-order valence-electron chi connectivity index (χ4n) is 5.55. The van der Waals surface area contributed by atoms with Crippen LogP contribution in [0.1, 0.15) is 42.0 Å². The summed E-state index contributed by atoms with van der Waals surface area (Å²) in [5.41, 5.74) is 4.90. The molecule has 4 aromatic carbocycles. The molecule has 1 fully saturated rings. The van der Waals surface area contributed by atoms with Crippen LogP contribution >= 0.6 is 11.6 Å². The third-order valence-electron chi connectivity index (χ3n) is 8.37. The molecule has 0 aliphatic carbocycles. The van der Waals surface area contributed by atoms with E-state index < -0.39 is 20.0 Å². The van der Waals surface area contributed by atoms with Gasteiger partial charge in [-0.3, -0.25) is 0 Å². The predicted molar refractivity (Wildman–Crippen MR) is 184 cm³/mol. The van der Waals surface area contributed by atoms with Gasteiger partial charge in [0.1, 0.15) is 5.75 Å². The van der Waals surface area contributed by atoms with Crippen LogP contribution in [-0.4, -0.2) is 58.7 Å². The Morgan fingerprint density at radius 1 is 0.761 bits per heavy atom. The van der Waals surface area contributed by atoms with Crippen LogP contribution in [0.2, 0.25) is 5.02 Å². The summed E-state index contributed by atoms with van der Waals surface area (Å²) >= 11 is 6.21. The van der Waals surface area contributed by atoms with Crippen molar-refractivity contribution < 1.29 is 21.6 Å². The molecule has 1 heterocycles. The normalized spacial score (nSPS) is 14.6. The first-order chi connectivity index (χ1) is 21.9. The van der Waals surface area contributed by atoms with E-state index in [9.17, 15) is 16.8 Å². The molecule has 0 saturated carbocycles. The van der Waals surface area contributed by atoms with Crippen LogP contribution in [-0.2, 0) is 33.1 Å². The summed E-state index contributed by atoms with van der Waals surface area (Å²) in [6.45, 7) is 8.17. The number of hydrogen-bond donors (Lipinski definition) is 0. The fraction of sp³-hybridized carbons (Fsp3) is 0.314. The molecule has 46 heavy (non-hydrogen) atoms. The average Bonchev–Trinajstić information content (AvgIpc) is 3.06. The van der Waals surface area contributed by atoms with Gasteiger partial charge in [-0.1, -0.05) is 67.9 Å². The Morgan fingerprint density at radius 3 is 1.85 bits per heavy atom. The monoisotopic (exact) mass is 681 g/mol. The zero-order valence-corrected chi connectivity index (χ0v) is 28.9. The number of methoxy groups -OCH3 is 1. The molecule has 8 nitrogen and oxygen atoms in total. The predicted octanol–water partition coefficient (Wildman–Crippen LogP) is 6.68. The smallest absolute Gasteiger partial charge is 0.243 e. The van der Waals surface area contributed by atoms with E-state index in [1.165, 1.54) is 38.4 Å². The lowest BCUT2D eigenvalue weighted by atomic mass is 10.0. The zero-order valence-electron chi connectivity index (χ0n) is 26.6. The van der Waals surface area contributed by atoms with Crippen LogP contribution in [0.15, 0.2) is 101 Å². The maximum absolute atomic E-state index is 14.1. The number of ether oxygens (including phenoxy) is 1. The second-order valence-electron chi connectivity index (χ2n) is 11.8. The van der Waals surface area contributed by atoms with Crippen molar-refractivity contribution in [3.63, 3.8) is 0 Å². The zero-order chi connectivity index (χ0) is 33.1. The molecule has 0 radical (unpaired) electrons. The van der Waals surface area contributed by atoms with Gasteiger partial charge in [0, 0.05) is 50.0 Å². The van der Waals surface area contributed by atoms with Crippen molar-refractivity contribution >= 4 is 37.3 Å². The number of hydrogen-bond acceptors (Lipinski definition) is 6. The number of anilines is 1. The summed E-state index contributed by atoms with van der Waals surface area (Å²) in [5, 5.41) is 0.636. The van der Waals surface area contributed by atoms with Crippen LogP contribution in [0.3, 0.4) is 0 Å². The van der Waals surface area contributed by atoms with Crippen molar-refractivity contribution in [3.05, 3.63) is 118 Å². The van der Waals surface area contributed by atoms with Crippen LogP contribution in [0.5, 0.6) is 5.75 Å². The van der Waals surface area contributed by atoms with Crippen molar-refractivity contribution in [2.75, 3.05) is 38.2 Å². The van der Waals surface area contributed by atoms with Gasteiger partial charge in [0.2, 0.25) is 20.0 Å². The Bertz CT molecular complexity index is 1860. The number of sulfonamides is 2. The molecule has 4 aromatic rings. The van der Waals surface area contributed by atoms with E-state index in [1.807, 2.05) is 61.5 Å². The lowest BCUT2D eigenvalue weighted by Gasteiger charge is -2.36. The van der Waals surface area contributed by atoms with Crippen molar-refractivity contribution in [2.24, 2.45) is 0 Å². The standard InChI is InChI=1S/C35H40ClN3O5S2/c1-26(2)30-10-6-28(7-11-30)24-39(25-29-8-13-32(44-4)14-9-29)46(42,43)34-17-15-33(16-18-34)45(40,41)38-21-19-37(20-22-38)35-23-31(36)12-5-27(35)3/h5-18,23,26H,19-22,24-25H2,1-4H3. The topological polar surface area (TPSA) is 87.2 Å². The van der Waals surface area contributed by atoms with E-state index in [0.29, 0.717) is 42.9 Å². The molecule has 5 rings (SSSR count). The van der Waals surface area contributed by atoms with Crippen molar-refractivity contribution in [3.8, 4) is 5.75 Å². The number of benzene rings is 4. The lowest BCUT2D eigenvalue weighted by molar-refractivity contribution is 0.384. The van der Waals surface area contributed by atoms with Crippen LogP contribution in [0.25, 0.3) is 0 Å². The highest BCUT2D eigenvalue weighted by Gasteiger charge is 2.31. The summed E-state index contributed by atoms with van der Waals surface area (Å²) in [7, 11) is -6.24. The number of aryl methyl sites for hydroxylation is 1. The first kappa shape index (κ1) is 33.9. The molecular formula is C35H40ClN3O5S2. The highest BCUT2D eigenvalue weighted by Crippen LogP contribution is 2.28. The summed E-state index contributed by atoms with van der Waals surface area (Å²) in [5.74, 6) is 1.04. The molecule has 0 spiro atoms. The highest BCUT2D eigenvalue weighted by atomic mass is 35.5. The second-order valence-corrected chi connectivity index (χ2v) is 16.1. The Morgan fingerprint density at radius 2 is 1.30 bits per heavy atom. The van der Waals surface area contributed by atoms with Crippen LogP contribution in [0, 0.1) is 6.92 Å². The molecule has 0 aromatic heterocycles. The lowest BCUT2D eigenvalue weighted by Crippen LogP contribution is -2.48. The first-order valence-electron chi connectivity index (χ1n) is 15.2. The molecule has 0 unspecified atom stereocenters. The molecule has 1 saturated heterocycles. The maximum atomic E-state index is 14.1. The minimum absolute atomic E-state index is 0.0278. The molecule has 0 bridgehead atoms. The summed E-state index contributed by atoms with van der Waals surface area (Å²) in [6, 6.07) is 26.5. The van der Waals surface area contributed by atoms with Gasteiger partial charge in [-0.2, -0.15) is 8.61 Å². The van der Waals surface area contributed by atoms with E-state index >= 15 is 0 Å². The van der Waals surface area contributed by atoms with Crippen molar-refractivity contribution in [2.45, 2.75) is 49.6 Å². The number of rotatable bonds is 11. The summed E-state index contributed by atoms with van der Waals surface area (Å²) in [6.07, 6.45) is 0. The molecule has 0 N–H and O–H groups in total. The molecule has 11 heteroatoms. The Hall–Kier alpha value is -3.41. The molecule has 0 amide bonds. The molecule has 1 aliphatic rings. The highest BCUT2D eigenvalue weighted by molar-refractivity contribution is 7.89. The minimum atomic E-state index is -4.00. The third kappa shape index (κ3) is 7.58. The molecular weight excluding hydrogens is 642 g/mol. The fourth-order valence-corrected chi connectivity index (χ4v) is 8.55. The summed E-state index contributed by atoms with van der Waals surface area (Å²) in [4.78, 5) is 2.22. The van der Waals surface area contributed by atoms with Gasteiger partial charge < -0.3 is 9.64 Å². The van der Waals surface area contributed by atoms with Gasteiger partial charge in [-0.15, -0.1) is 0 Å². The van der Waals surface area contributed by atoms with Gasteiger partial charge in [0.25, 0.3) is 0 Å². The largest absolute Gasteiger partial charge is 0.497 e. The van der Waals surface area contributed by atoms with E-state index in [-0.39, 0.29) is 22.9 Å². The van der Waals surface area contributed by atoms with E-state index in [0.717, 1.165) is 22.4 Å². The van der Waals surface area contributed by atoms with Gasteiger partial charge in [0.15, 0.2) is 0 Å². The second kappa shape index (κ2) is 14.1. The van der Waals surface area contributed by atoms with Gasteiger partial charge in [-0.05, 0) is 83.6 Å². The van der Waals surface area contributed by atoms with Crippen molar-refractivity contribution in [1.82, 2.24) is 8.61 Å². The Labute approximate surface area is 278 Å². The summed E-state index contributed by atoms with van der Waals surface area (Å²) < 4.78 is 63.4. The quantitative estimate of drug-likeness (QED) is 0.176. The SMILES string of the molecule is COc1ccc(CN(Cc2ccc(C(C)C)cc2)S(=O)(=O)c2ccc(S(=O)(=O)N3CCN(c4cc(Cl)ccc4C)CC3)cc2)cc1. The van der Waals surface area contributed by atoms with Crippen LogP contribution < -0.4 is 9.64 Å². The van der Waals surface area contributed by atoms with E-state index in [2.05, 4.69) is 18.7 Å². The minimum Gasteiger partial charge on any atom is -0.497 e. The third-order valence-corrected chi connectivity index (χ3v) is 12.3. The van der Waals surface area contributed by atoms with Crippen molar-refractivity contribution in [1.29, 1.82) is 0 Å². The Balaban J connectivity index is 1.35. The molecule has 0 atom stereocenters. The van der Waals surface area contributed by atoms with E-state index in [1.54, 1.807) is 19.2 Å². The van der Waals surface area contributed by atoms with Gasteiger partial charge in [0.05, 0.1) is 16.9 Å². The maximum Gasteiger partial charge on any atom is 0.243 e. The average molecular weight is 682 g/mol. The Kier molecular flexibility index (Phi) is 10.4. The van der Waals surface area contributed by atoms with E-state index in [4.69, 9.17) is 16.3 Å². The molecule has 244 valence electrons. The number of halogens is 1. The van der Waals surface area contributed by atoms with Gasteiger partial charge >= 0.3 is 0 Å². The van der Waals surface area contributed by atoms with Gasteiger partial charge in [-0.25, -0.2) is 16.8 Å².